The van der Waals surface area contributed by atoms with Gasteiger partial charge in [0, 0.05) is 30.9 Å². The maximum atomic E-state index is 11.9. The zero-order valence-electron chi connectivity index (χ0n) is 13.7. The van der Waals surface area contributed by atoms with E-state index in [1.807, 2.05) is 18.2 Å². The van der Waals surface area contributed by atoms with Gasteiger partial charge < -0.3 is 10.6 Å². The highest BCUT2D eigenvalue weighted by molar-refractivity contribution is 7.90. The Morgan fingerprint density at radius 1 is 1.30 bits per heavy atom. The number of nitrogens with one attached hydrogen (secondary N) is 3. The molecule has 0 saturated heterocycles. The number of amides is 1. The fourth-order valence-electron chi connectivity index (χ4n) is 2.40. The number of unbranched alkanes of at least 4 members (excludes halogenated alkanes) is 1. The molecule has 1 heterocycles. The van der Waals surface area contributed by atoms with Gasteiger partial charge in [-0.3, -0.25) is 4.79 Å². The highest BCUT2D eigenvalue weighted by Gasteiger charge is 2.14. The second kappa shape index (κ2) is 7.79. The highest BCUT2D eigenvalue weighted by Crippen LogP contribution is 2.25. The van der Waals surface area contributed by atoms with Crippen molar-refractivity contribution in [3.63, 3.8) is 0 Å². The van der Waals surface area contributed by atoms with Gasteiger partial charge in [-0.1, -0.05) is 0 Å². The molecule has 0 radical (unpaired) electrons. The normalized spacial score (nSPS) is 13.7. The zero-order valence-corrected chi connectivity index (χ0v) is 14.5. The van der Waals surface area contributed by atoms with Crippen molar-refractivity contribution in [3.8, 4) is 0 Å². The average Bonchev–Trinajstić information content (AvgIpc) is 2.94. The van der Waals surface area contributed by atoms with Crippen LogP contribution in [0.25, 0.3) is 0 Å². The number of fused-ring (bicyclic) bond motifs is 1. The summed E-state index contributed by atoms with van der Waals surface area (Å²) in [5.74, 6) is -0.0392. The maximum absolute atomic E-state index is 11.9. The number of carbonyl (C=O) groups is 1. The third-order valence-corrected chi connectivity index (χ3v) is 5.70. The first-order chi connectivity index (χ1) is 10.9. The molecule has 0 unspecified atom stereocenters. The van der Waals surface area contributed by atoms with Crippen LogP contribution in [0.1, 0.15) is 38.7 Å². The summed E-state index contributed by atoms with van der Waals surface area (Å²) in [5.41, 5.74) is 3.18. The molecule has 0 aliphatic carbocycles. The van der Waals surface area contributed by atoms with Gasteiger partial charge >= 0.3 is 0 Å². The number of sulfonamides is 1. The van der Waals surface area contributed by atoms with Gasteiger partial charge in [0.2, 0.25) is 15.9 Å². The van der Waals surface area contributed by atoms with Crippen molar-refractivity contribution in [2.24, 2.45) is 0 Å². The molecule has 2 rings (SSSR count). The average molecular weight is 339 g/mol. The Labute approximate surface area is 138 Å². The van der Waals surface area contributed by atoms with E-state index >= 15 is 0 Å². The van der Waals surface area contributed by atoms with Crippen LogP contribution in [0.2, 0.25) is 0 Å². The van der Waals surface area contributed by atoms with Gasteiger partial charge in [-0.2, -0.15) is 0 Å². The van der Waals surface area contributed by atoms with Gasteiger partial charge in [-0.05, 0) is 56.9 Å². The van der Waals surface area contributed by atoms with Gasteiger partial charge in [-0.15, -0.1) is 0 Å². The number of hydrogen-bond acceptors (Lipinski definition) is 4. The molecule has 0 spiro atoms. The summed E-state index contributed by atoms with van der Waals surface area (Å²) in [4.78, 5) is 11.9. The van der Waals surface area contributed by atoms with Crippen molar-refractivity contribution in [3.05, 3.63) is 23.8 Å². The van der Waals surface area contributed by atoms with E-state index in [1.165, 1.54) is 5.56 Å². The van der Waals surface area contributed by atoms with Crippen molar-refractivity contribution in [2.75, 3.05) is 23.7 Å². The Kier molecular flexibility index (Phi) is 6.01. The molecule has 6 nitrogen and oxygen atoms in total. The van der Waals surface area contributed by atoms with E-state index in [-0.39, 0.29) is 5.91 Å². The van der Waals surface area contributed by atoms with Crippen LogP contribution >= 0.6 is 0 Å². The van der Waals surface area contributed by atoms with E-state index in [9.17, 15) is 13.2 Å². The summed E-state index contributed by atoms with van der Waals surface area (Å²) in [6.45, 7) is 4.60. The van der Waals surface area contributed by atoms with Gasteiger partial charge in [0.25, 0.3) is 0 Å². The van der Waals surface area contributed by atoms with Crippen LogP contribution < -0.4 is 15.4 Å². The fraction of sp³-hybridized carbons (Fsp3) is 0.562. The van der Waals surface area contributed by atoms with Crippen molar-refractivity contribution in [2.45, 2.75) is 44.8 Å². The summed E-state index contributed by atoms with van der Waals surface area (Å²) in [6, 6.07) is 5.88. The third-order valence-electron chi connectivity index (χ3n) is 3.85. The Bertz CT molecular complexity index is 657. The molecule has 23 heavy (non-hydrogen) atoms. The van der Waals surface area contributed by atoms with Crippen LogP contribution in [0.5, 0.6) is 0 Å². The summed E-state index contributed by atoms with van der Waals surface area (Å²) in [5, 5.41) is 5.74. The highest BCUT2D eigenvalue weighted by atomic mass is 32.2. The molecular formula is C16H25N3O3S. The summed E-state index contributed by atoms with van der Waals surface area (Å²) in [7, 11) is -3.21. The Balaban J connectivity index is 1.68. The standard InChI is InChI=1S/C16H25N3O3S/c1-12(2)23(21,22)18-9-4-3-5-16(20)19-14-6-7-15-13(11-14)8-10-17-15/h6-7,11-12,17-18H,3-5,8-10H2,1-2H3,(H,19,20). The first-order valence-electron chi connectivity index (χ1n) is 8.03. The van der Waals surface area contributed by atoms with Crippen molar-refractivity contribution in [1.82, 2.24) is 4.72 Å². The van der Waals surface area contributed by atoms with E-state index in [0.29, 0.717) is 25.8 Å². The lowest BCUT2D eigenvalue weighted by atomic mass is 10.1. The van der Waals surface area contributed by atoms with Gasteiger partial charge in [0.1, 0.15) is 0 Å². The van der Waals surface area contributed by atoms with Crippen molar-refractivity contribution >= 4 is 27.3 Å². The first-order valence-corrected chi connectivity index (χ1v) is 9.58. The second-order valence-corrected chi connectivity index (χ2v) is 8.36. The Hall–Kier alpha value is -1.60. The Morgan fingerprint density at radius 2 is 2.09 bits per heavy atom. The van der Waals surface area contributed by atoms with Crippen LogP contribution in [-0.2, 0) is 21.2 Å². The summed E-state index contributed by atoms with van der Waals surface area (Å²) >= 11 is 0. The molecule has 0 saturated carbocycles. The number of anilines is 2. The summed E-state index contributed by atoms with van der Waals surface area (Å²) in [6.07, 6.45) is 2.67. The lowest BCUT2D eigenvalue weighted by molar-refractivity contribution is -0.116. The molecule has 0 bridgehead atoms. The molecule has 0 atom stereocenters. The third kappa shape index (κ3) is 5.21. The molecule has 1 aromatic rings. The van der Waals surface area contributed by atoms with Crippen LogP contribution in [0.4, 0.5) is 11.4 Å². The van der Waals surface area contributed by atoms with Crippen molar-refractivity contribution in [1.29, 1.82) is 0 Å². The van der Waals surface area contributed by atoms with Crippen LogP contribution in [0.15, 0.2) is 18.2 Å². The lowest BCUT2D eigenvalue weighted by Crippen LogP contribution is -2.31. The molecule has 3 N–H and O–H groups in total. The zero-order chi connectivity index (χ0) is 16.9. The van der Waals surface area contributed by atoms with Crippen molar-refractivity contribution < 1.29 is 13.2 Å². The Morgan fingerprint density at radius 3 is 2.83 bits per heavy atom. The maximum Gasteiger partial charge on any atom is 0.224 e. The van der Waals surface area contributed by atoms with Crippen LogP contribution in [0, 0.1) is 0 Å². The van der Waals surface area contributed by atoms with Gasteiger partial charge in [-0.25, -0.2) is 13.1 Å². The smallest absolute Gasteiger partial charge is 0.224 e. The van der Waals surface area contributed by atoms with E-state index in [0.717, 1.165) is 24.3 Å². The monoisotopic (exact) mass is 339 g/mol. The predicted molar refractivity (Wildman–Crippen MR) is 93.2 cm³/mol. The molecule has 7 heteroatoms. The number of carbonyl (C=O) groups excluding carboxylic acids is 1. The first kappa shape index (κ1) is 17.7. The minimum Gasteiger partial charge on any atom is -0.384 e. The molecule has 128 valence electrons. The number of rotatable bonds is 8. The second-order valence-electron chi connectivity index (χ2n) is 6.04. The summed E-state index contributed by atoms with van der Waals surface area (Å²) < 4.78 is 25.7. The van der Waals surface area contributed by atoms with E-state index in [1.54, 1.807) is 13.8 Å². The molecule has 1 amide bonds. The molecule has 1 aromatic carbocycles. The van der Waals surface area contributed by atoms with E-state index in [2.05, 4.69) is 15.4 Å². The largest absolute Gasteiger partial charge is 0.384 e. The molecule has 0 fully saturated rings. The quantitative estimate of drug-likeness (QED) is 0.633. The number of hydrogen-bond donors (Lipinski definition) is 3. The number of benzene rings is 1. The molecule has 1 aliphatic heterocycles. The van der Waals surface area contributed by atoms with Gasteiger partial charge in [0.15, 0.2) is 0 Å². The van der Waals surface area contributed by atoms with Gasteiger partial charge in [0.05, 0.1) is 5.25 Å². The molecule has 1 aliphatic rings. The minimum atomic E-state index is -3.21. The van der Waals surface area contributed by atoms with E-state index < -0.39 is 15.3 Å². The topological polar surface area (TPSA) is 87.3 Å². The van der Waals surface area contributed by atoms with Crippen LogP contribution in [-0.4, -0.2) is 32.7 Å². The fourth-order valence-corrected chi connectivity index (χ4v) is 3.16. The van der Waals surface area contributed by atoms with Crippen LogP contribution in [0.3, 0.4) is 0 Å². The predicted octanol–water partition coefficient (Wildman–Crippen LogP) is 2.09. The molecule has 0 aromatic heterocycles. The SMILES string of the molecule is CC(C)S(=O)(=O)NCCCCC(=O)Nc1ccc2c(c1)CCN2. The molecular weight excluding hydrogens is 314 g/mol. The minimum absolute atomic E-state index is 0.0392. The lowest BCUT2D eigenvalue weighted by Gasteiger charge is -2.09. The van der Waals surface area contributed by atoms with E-state index in [4.69, 9.17) is 0 Å².